The van der Waals surface area contributed by atoms with Crippen molar-refractivity contribution in [3.05, 3.63) is 80.9 Å². The van der Waals surface area contributed by atoms with Gasteiger partial charge in [0.2, 0.25) is 0 Å². The van der Waals surface area contributed by atoms with Crippen molar-refractivity contribution in [2.75, 3.05) is 36.8 Å². The largest absolute Gasteiger partial charge is 0.327 e. The van der Waals surface area contributed by atoms with Crippen molar-refractivity contribution in [1.29, 1.82) is 0 Å². The molecule has 2 fully saturated rings. The van der Waals surface area contributed by atoms with Crippen molar-refractivity contribution in [2.24, 2.45) is 24.9 Å². The van der Waals surface area contributed by atoms with E-state index < -0.39 is 0 Å². The van der Waals surface area contributed by atoms with Crippen LogP contribution in [0.4, 0.5) is 11.4 Å². The fourth-order valence-corrected chi connectivity index (χ4v) is 10.4. The summed E-state index contributed by atoms with van der Waals surface area (Å²) in [6.45, 7) is 7.55. The summed E-state index contributed by atoms with van der Waals surface area (Å²) in [5.41, 5.74) is 6.40. The lowest BCUT2D eigenvalue weighted by molar-refractivity contribution is -0.115. The Labute approximate surface area is 339 Å². The molecule has 8 rings (SSSR count). The average Bonchev–Trinajstić information content (AvgIpc) is 3.95. The second-order valence-electron chi connectivity index (χ2n) is 16.7. The first kappa shape index (κ1) is 38.8. The molecule has 4 heterocycles. The van der Waals surface area contributed by atoms with E-state index in [0.29, 0.717) is 56.2 Å². The Hall–Kier alpha value is -4.03. The summed E-state index contributed by atoms with van der Waals surface area (Å²) in [4.78, 5) is 53.6. The first-order valence-corrected chi connectivity index (χ1v) is 21.0. The van der Waals surface area contributed by atoms with Gasteiger partial charge in [0, 0.05) is 81.0 Å². The molecule has 2 aromatic carbocycles. The number of fused-ring (bicyclic) bond motifs is 4. The molecular weight excluding hydrogens is 747 g/mol. The molecule has 2 bridgehead atoms. The highest BCUT2D eigenvalue weighted by molar-refractivity contribution is 6.40. The summed E-state index contributed by atoms with van der Waals surface area (Å²) in [6, 6.07) is 10.8. The molecular formula is C43H52Cl2N8O3. The minimum absolute atomic E-state index is 0.0639. The summed E-state index contributed by atoms with van der Waals surface area (Å²) in [7, 11) is 3.79. The first-order chi connectivity index (χ1) is 27.0. The maximum Gasteiger partial charge on any atom is 0.291 e. The SMILES string of the molecule is CCCCCN1CCc2c(nc(C(=O)Nc3cccc(-c4cccc(NC(=O)c5nc6c(n5C)CCN(CCC57CCC(C=O)(CC5)C7)C6)c4Cl)c3Cl)n2C)C1. The maximum atomic E-state index is 13.8. The zero-order valence-corrected chi connectivity index (χ0v) is 34.2. The van der Waals surface area contributed by atoms with E-state index in [2.05, 4.69) is 27.4 Å². The third-order valence-electron chi connectivity index (χ3n) is 13.2. The lowest BCUT2D eigenvalue weighted by Crippen LogP contribution is -2.34. The van der Waals surface area contributed by atoms with E-state index in [1.54, 1.807) is 12.1 Å². The van der Waals surface area contributed by atoms with Crippen molar-refractivity contribution in [3.8, 4) is 11.1 Å². The number of imidazole rings is 2. The van der Waals surface area contributed by atoms with Gasteiger partial charge in [-0.3, -0.25) is 19.4 Å². The standard InChI is InChI=1S/C43H52Cl2N8O3/c1-4-5-6-20-52-21-13-34-32(24-52)46-38(50(34)2)40(55)48-30-11-7-9-28(36(30)44)29-10-8-12-31(37(29)45)49-41(56)39-47-33-25-53(22-14-35(33)51(39)3)23-19-42-15-17-43(26-42,27-54)18-16-42/h7-12,27H,4-6,13-26H2,1-3H3,(H,48,55)(H,49,56). The number of rotatable bonds is 13. The van der Waals surface area contributed by atoms with E-state index in [4.69, 9.17) is 33.2 Å². The molecule has 0 atom stereocenters. The van der Waals surface area contributed by atoms with Crippen LogP contribution in [0.5, 0.6) is 0 Å². The number of unbranched alkanes of at least 4 members (excludes halogenated alkanes) is 2. The van der Waals surface area contributed by atoms with Crippen LogP contribution in [0.2, 0.25) is 10.0 Å². The van der Waals surface area contributed by atoms with Gasteiger partial charge in [0.1, 0.15) is 6.29 Å². The Morgan fingerprint density at radius 3 is 1.77 bits per heavy atom. The zero-order valence-electron chi connectivity index (χ0n) is 32.7. The number of aromatic nitrogens is 4. The predicted octanol–water partition coefficient (Wildman–Crippen LogP) is 8.08. The van der Waals surface area contributed by atoms with Gasteiger partial charge < -0.3 is 24.6 Å². The van der Waals surface area contributed by atoms with Gasteiger partial charge in [0.25, 0.3) is 11.8 Å². The van der Waals surface area contributed by atoms with Gasteiger partial charge in [-0.05, 0) is 75.6 Å². The van der Waals surface area contributed by atoms with Gasteiger partial charge >= 0.3 is 0 Å². The smallest absolute Gasteiger partial charge is 0.291 e. The van der Waals surface area contributed by atoms with Crippen LogP contribution in [0.3, 0.4) is 0 Å². The zero-order chi connectivity index (χ0) is 39.2. The van der Waals surface area contributed by atoms with Gasteiger partial charge in [-0.25, -0.2) is 9.97 Å². The van der Waals surface area contributed by atoms with Gasteiger partial charge in [-0.1, -0.05) is 67.2 Å². The number of nitrogens with one attached hydrogen (secondary N) is 2. The molecule has 2 N–H and O–H groups in total. The molecule has 2 aliphatic heterocycles. The number of carbonyl (C=O) groups excluding carboxylic acids is 3. The Morgan fingerprint density at radius 2 is 1.29 bits per heavy atom. The number of nitrogens with zero attached hydrogens (tertiary/aromatic N) is 6. The molecule has 2 aliphatic carbocycles. The second kappa shape index (κ2) is 15.7. The number of aldehydes is 1. The fraction of sp³-hybridized carbons (Fsp3) is 0.512. The Morgan fingerprint density at radius 1 is 0.768 bits per heavy atom. The van der Waals surface area contributed by atoms with Crippen LogP contribution < -0.4 is 10.6 Å². The van der Waals surface area contributed by atoms with Crippen LogP contribution in [0.1, 0.15) is 109 Å². The molecule has 2 amide bonds. The maximum absolute atomic E-state index is 13.8. The lowest BCUT2D eigenvalue weighted by Gasteiger charge is -2.32. The highest BCUT2D eigenvalue weighted by Crippen LogP contribution is 2.62. The number of hydrogen-bond acceptors (Lipinski definition) is 7. The van der Waals surface area contributed by atoms with Crippen LogP contribution >= 0.6 is 23.2 Å². The lowest BCUT2D eigenvalue weighted by atomic mass is 9.80. The first-order valence-electron chi connectivity index (χ1n) is 20.2. The molecule has 11 nitrogen and oxygen atoms in total. The van der Waals surface area contributed by atoms with Crippen molar-refractivity contribution in [3.63, 3.8) is 0 Å². The minimum atomic E-state index is -0.345. The Balaban J connectivity index is 0.933. The number of hydrogen-bond donors (Lipinski definition) is 2. The second-order valence-corrected chi connectivity index (χ2v) is 17.4. The molecule has 0 spiro atoms. The fourth-order valence-electron chi connectivity index (χ4n) is 9.84. The molecule has 56 heavy (non-hydrogen) atoms. The Kier molecular flexibility index (Phi) is 10.9. The molecule has 296 valence electrons. The van der Waals surface area contributed by atoms with E-state index >= 15 is 0 Å². The van der Waals surface area contributed by atoms with Gasteiger partial charge in [-0.2, -0.15) is 0 Å². The normalized spacial score (nSPS) is 21.9. The predicted molar refractivity (Wildman–Crippen MR) is 220 cm³/mol. The van der Waals surface area contributed by atoms with Crippen molar-refractivity contribution >= 4 is 52.7 Å². The van der Waals surface area contributed by atoms with Crippen molar-refractivity contribution in [2.45, 2.75) is 90.6 Å². The van der Waals surface area contributed by atoms with E-state index in [9.17, 15) is 14.4 Å². The van der Waals surface area contributed by atoms with E-state index in [1.807, 2.05) is 47.5 Å². The van der Waals surface area contributed by atoms with Crippen LogP contribution in [-0.4, -0.2) is 73.2 Å². The summed E-state index contributed by atoms with van der Waals surface area (Å²) < 4.78 is 3.80. The quantitative estimate of drug-likeness (QED) is 0.104. The van der Waals surface area contributed by atoms with Gasteiger partial charge in [0.15, 0.2) is 11.6 Å². The number of amides is 2. The molecule has 0 saturated heterocycles. The van der Waals surface area contributed by atoms with E-state index in [-0.39, 0.29) is 17.2 Å². The van der Waals surface area contributed by atoms with Crippen molar-refractivity contribution < 1.29 is 14.4 Å². The molecule has 4 aromatic rings. The monoisotopic (exact) mass is 798 g/mol. The van der Waals surface area contributed by atoms with Gasteiger partial charge in [0.05, 0.1) is 32.8 Å². The number of benzene rings is 2. The van der Waals surface area contributed by atoms with Crippen molar-refractivity contribution in [1.82, 2.24) is 28.9 Å². The number of carbonyl (C=O) groups is 3. The van der Waals surface area contributed by atoms with Crippen LogP contribution in [0, 0.1) is 10.8 Å². The van der Waals surface area contributed by atoms with Crippen LogP contribution in [-0.2, 0) is 44.8 Å². The Bertz CT molecular complexity index is 2170. The molecule has 0 radical (unpaired) electrons. The molecule has 4 aliphatic rings. The summed E-state index contributed by atoms with van der Waals surface area (Å²) >= 11 is 14.0. The summed E-state index contributed by atoms with van der Waals surface area (Å²) in [6.07, 6.45) is 13.0. The molecule has 13 heteroatoms. The summed E-state index contributed by atoms with van der Waals surface area (Å²) in [5.74, 6) is 0.00608. The number of halogens is 2. The van der Waals surface area contributed by atoms with E-state index in [1.165, 1.54) is 25.5 Å². The van der Waals surface area contributed by atoms with Crippen LogP contribution in [0.15, 0.2) is 36.4 Å². The third-order valence-corrected chi connectivity index (χ3v) is 14.0. The third kappa shape index (κ3) is 7.32. The van der Waals surface area contributed by atoms with Gasteiger partial charge in [-0.15, -0.1) is 0 Å². The molecule has 0 unspecified atom stereocenters. The van der Waals surface area contributed by atoms with Crippen LogP contribution in [0.25, 0.3) is 11.1 Å². The molecule has 2 aromatic heterocycles. The topological polar surface area (TPSA) is 117 Å². The highest BCUT2D eigenvalue weighted by atomic mass is 35.5. The number of anilines is 2. The minimum Gasteiger partial charge on any atom is -0.327 e. The van der Waals surface area contributed by atoms with E-state index in [0.717, 1.165) is 107 Å². The summed E-state index contributed by atoms with van der Waals surface area (Å²) in [5, 5.41) is 6.64. The average molecular weight is 800 g/mol. The molecule has 2 saturated carbocycles. The highest BCUT2D eigenvalue weighted by Gasteiger charge is 2.53.